The van der Waals surface area contributed by atoms with Crippen molar-refractivity contribution in [2.45, 2.75) is 31.8 Å². The number of aliphatic hydroxyl groups excluding tert-OH is 1. The van der Waals surface area contributed by atoms with Crippen LogP contribution in [0.1, 0.15) is 36.9 Å². The molecule has 0 aromatic carbocycles. The lowest BCUT2D eigenvalue weighted by molar-refractivity contribution is -0.142. The van der Waals surface area contributed by atoms with E-state index in [9.17, 15) is 19.5 Å². The molecule has 2 aromatic rings. The minimum absolute atomic E-state index is 0.0297. The molecular formula is C23H24N4O5. The van der Waals surface area contributed by atoms with Gasteiger partial charge in [-0.2, -0.15) is 0 Å². The molecule has 166 valence electrons. The summed E-state index contributed by atoms with van der Waals surface area (Å²) in [5.74, 6) is -1.64. The van der Waals surface area contributed by atoms with Gasteiger partial charge in [0.15, 0.2) is 0 Å². The van der Waals surface area contributed by atoms with Crippen molar-refractivity contribution in [2.24, 2.45) is 0 Å². The lowest BCUT2D eigenvalue weighted by Gasteiger charge is -2.38. The first-order chi connectivity index (χ1) is 15.5. The highest BCUT2D eigenvalue weighted by atomic mass is 16.6. The summed E-state index contributed by atoms with van der Waals surface area (Å²) in [4.78, 5) is 49.5. The van der Waals surface area contributed by atoms with Crippen LogP contribution in [0.2, 0.25) is 0 Å². The number of rotatable bonds is 4. The van der Waals surface area contributed by atoms with Crippen LogP contribution in [0.25, 0.3) is 5.76 Å². The second kappa shape index (κ2) is 9.17. The van der Waals surface area contributed by atoms with Crippen LogP contribution >= 0.6 is 0 Å². The summed E-state index contributed by atoms with van der Waals surface area (Å²) in [7, 11) is 0. The molecule has 1 atom stereocenters. The zero-order valence-electron chi connectivity index (χ0n) is 17.7. The monoisotopic (exact) mass is 436 g/mol. The molecule has 1 unspecified atom stereocenters. The Kier molecular flexibility index (Phi) is 6.16. The first kappa shape index (κ1) is 21.5. The van der Waals surface area contributed by atoms with Gasteiger partial charge in [-0.15, -0.1) is 0 Å². The van der Waals surface area contributed by atoms with Gasteiger partial charge in [-0.05, 0) is 43.5 Å². The average Bonchev–Trinajstić information content (AvgIpc) is 3.10. The smallest absolute Gasteiger partial charge is 0.409 e. The molecule has 0 radical (unpaired) electrons. The summed E-state index contributed by atoms with van der Waals surface area (Å²) in [5, 5.41) is 11.0. The highest BCUT2D eigenvalue weighted by molar-refractivity contribution is 6.46. The molecule has 9 nitrogen and oxygen atoms in total. The second-order valence-corrected chi connectivity index (χ2v) is 7.65. The average molecular weight is 436 g/mol. The second-order valence-electron chi connectivity index (χ2n) is 7.65. The Labute approximate surface area is 185 Å². The number of hydrogen-bond acceptors (Lipinski definition) is 7. The standard InChI is InChI=1S/C23H24N4O5/c1-2-32-23(31)26-12-7-17(8-13-26)27-19(16-4-3-9-25-14-16)18(21(29)22(27)30)20(28)15-5-10-24-11-6-15/h3-6,9-11,14,17,19,28H,2,7-8,12-13H2,1H3/b20-18+. The molecule has 2 aromatic heterocycles. The van der Waals surface area contributed by atoms with Gasteiger partial charge in [-0.25, -0.2) is 4.79 Å². The van der Waals surface area contributed by atoms with Gasteiger partial charge < -0.3 is 19.6 Å². The van der Waals surface area contributed by atoms with Gasteiger partial charge in [0, 0.05) is 49.5 Å². The maximum atomic E-state index is 13.1. The molecule has 9 heteroatoms. The number of ketones is 1. The number of nitrogens with zero attached hydrogens (tertiary/aromatic N) is 4. The van der Waals surface area contributed by atoms with E-state index in [-0.39, 0.29) is 23.5 Å². The van der Waals surface area contributed by atoms with Gasteiger partial charge in [-0.3, -0.25) is 19.6 Å². The molecule has 0 spiro atoms. The fraction of sp³-hybridized carbons (Fsp3) is 0.348. The SMILES string of the molecule is CCOC(=O)N1CCC(N2C(=O)C(=O)/C(=C(/O)c3ccncc3)C2c2cccnc2)CC1. The number of ether oxygens (including phenoxy) is 1. The summed E-state index contributed by atoms with van der Waals surface area (Å²) in [6, 6.07) is 5.64. The Morgan fingerprint density at radius 3 is 2.47 bits per heavy atom. The van der Waals surface area contributed by atoms with Gasteiger partial charge in [0.1, 0.15) is 5.76 Å². The predicted octanol–water partition coefficient (Wildman–Crippen LogP) is 2.52. The number of likely N-dealkylation sites (tertiary alicyclic amines) is 2. The van der Waals surface area contributed by atoms with Crippen LogP contribution in [0.3, 0.4) is 0 Å². The number of pyridine rings is 2. The topological polar surface area (TPSA) is 113 Å². The van der Waals surface area contributed by atoms with Crippen molar-refractivity contribution in [3.63, 3.8) is 0 Å². The zero-order valence-corrected chi connectivity index (χ0v) is 17.7. The van der Waals surface area contributed by atoms with E-state index in [0.29, 0.717) is 43.7 Å². The molecule has 2 fully saturated rings. The highest BCUT2D eigenvalue weighted by Crippen LogP contribution is 2.41. The number of carbonyl (C=O) groups is 3. The largest absolute Gasteiger partial charge is 0.507 e. The van der Waals surface area contributed by atoms with E-state index in [1.165, 1.54) is 17.3 Å². The molecule has 2 aliphatic rings. The number of amides is 2. The van der Waals surface area contributed by atoms with Crippen LogP contribution in [-0.4, -0.2) is 68.4 Å². The molecule has 32 heavy (non-hydrogen) atoms. The van der Waals surface area contributed by atoms with Gasteiger partial charge in [-0.1, -0.05) is 6.07 Å². The predicted molar refractivity (Wildman–Crippen MR) is 114 cm³/mol. The van der Waals surface area contributed by atoms with Crippen LogP contribution in [0, 0.1) is 0 Å². The molecule has 0 aliphatic carbocycles. The fourth-order valence-electron chi connectivity index (χ4n) is 4.30. The van der Waals surface area contributed by atoms with E-state index < -0.39 is 17.7 Å². The Morgan fingerprint density at radius 2 is 1.84 bits per heavy atom. The number of Topliss-reactive ketones (excluding diaryl/α,β-unsaturated/α-hetero) is 1. The third-order valence-electron chi connectivity index (χ3n) is 5.82. The summed E-state index contributed by atoms with van der Waals surface area (Å²) in [6.45, 7) is 2.87. The van der Waals surface area contributed by atoms with E-state index >= 15 is 0 Å². The minimum atomic E-state index is -0.768. The van der Waals surface area contributed by atoms with Gasteiger partial charge >= 0.3 is 6.09 Å². The van der Waals surface area contributed by atoms with E-state index in [2.05, 4.69) is 9.97 Å². The number of aliphatic hydroxyl groups is 1. The van der Waals surface area contributed by atoms with Gasteiger partial charge in [0.25, 0.3) is 11.7 Å². The molecular weight excluding hydrogens is 412 g/mol. The Balaban J connectivity index is 1.70. The van der Waals surface area contributed by atoms with Crippen LogP contribution in [0.15, 0.2) is 54.6 Å². The first-order valence-corrected chi connectivity index (χ1v) is 10.5. The van der Waals surface area contributed by atoms with Crippen molar-refractivity contribution >= 4 is 23.5 Å². The van der Waals surface area contributed by atoms with Gasteiger partial charge in [0.2, 0.25) is 0 Å². The van der Waals surface area contributed by atoms with Crippen LogP contribution in [0.4, 0.5) is 4.79 Å². The summed E-state index contributed by atoms with van der Waals surface area (Å²) >= 11 is 0. The number of carbonyl (C=O) groups excluding carboxylic acids is 3. The minimum Gasteiger partial charge on any atom is -0.507 e. The van der Waals surface area contributed by atoms with E-state index in [1.54, 1.807) is 48.5 Å². The molecule has 4 heterocycles. The normalized spacial score (nSPS) is 21.1. The molecule has 2 aliphatic heterocycles. The molecule has 1 N–H and O–H groups in total. The Hall–Kier alpha value is -3.75. The van der Waals surface area contributed by atoms with Crippen LogP contribution in [0.5, 0.6) is 0 Å². The fourth-order valence-corrected chi connectivity index (χ4v) is 4.30. The van der Waals surface area contributed by atoms with Crippen molar-refractivity contribution in [3.05, 3.63) is 65.8 Å². The Morgan fingerprint density at radius 1 is 1.12 bits per heavy atom. The number of hydrogen-bond donors (Lipinski definition) is 1. The third kappa shape index (κ3) is 3.93. The van der Waals surface area contributed by atoms with Crippen molar-refractivity contribution in [1.29, 1.82) is 0 Å². The van der Waals surface area contributed by atoms with Crippen LogP contribution in [-0.2, 0) is 14.3 Å². The zero-order chi connectivity index (χ0) is 22.7. The summed E-state index contributed by atoms with van der Waals surface area (Å²) in [5.41, 5.74) is 1.07. The van der Waals surface area contributed by atoms with Crippen LogP contribution < -0.4 is 0 Å². The third-order valence-corrected chi connectivity index (χ3v) is 5.82. The van der Waals surface area contributed by atoms with Crippen molar-refractivity contribution in [3.8, 4) is 0 Å². The summed E-state index contributed by atoms with van der Waals surface area (Å²) in [6.07, 6.45) is 6.84. The molecule has 0 saturated carbocycles. The molecule has 2 saturated heterocycles. The lowest BCUT2D eigenvalue weighted by Crippen LogP contribution is -2.48. The van der Waals surface area contributed by atoms with Gasteiger partial charge in [0.05, 0.1) is 18.2 Å². The summed E-state index contributed by atoms with van der Waals surface area (Å²) < 4.78 is 5.07. The quantitative estimate of drug-likeness (QED) is 0.445. The van der Waals surface area contributed by atoms with E-state index in [4.69, 9.17) is 4.74 Å². The number of aromatic nitrogens is 2. The lowest BCUT2D eigenvalue weighted by atomic mass is 9.95. The maximum Gasteiger partial charge on any atom is 0.409 e. The first-order valence-electron chi connectivity index (χ1n) is 10.5. The van der Waals surface area contributed by atoms with E-state index in [1.807, 2.05) is 0 Å². The van der Waals surface area contributed by atoms with Crippen molar-refractivity contribution < 1.29 is 24.2 Å². The Bertz CT molecular complexity index is 1030. The maximum absolute atomic E-state index is 13.1. The molecule has 4 rings (SSSR count). The van der Waals surface area contributed by atoms with Crippen molar-refractivity contribution in [2.75, 3.05) is 19.7 Å². The highest BCUT2D eigenvalue weighted by Gasteiger charge is 2.49. The van der Waals surface area contributed by atoms with Crippen molar-refractivity contribution in [1.82, 2.24) is 19.8 Å². The molecule has 2 amide bonds. The number of piperidine rings is 1. The van der Waals surface area contributed by atoms with E-state index in [0.717, 1.165) is 0 Å². The molecule has 0 bridgehead atoms.